The lowest BCUT2D eigenvalue weighted by Crippen LogP contribution is -2.27. The summed E-state index contributed by atoms with van der Waals surface area (Å²) in [6.45, 7) is 1.25. The number of nitrogens with zero attached hydrogens (tertiary/aromatic N) is 4. The van der Waals surface area contributed by atoms with Crippen molar-refractivity contribution < 1.29 is 13.7 Å². The van der Waals surface area contributed by atoms with Crippen molar-refractivity contribution in [2.24, 2.45) is 0 Å². The molecule has 7 nitrogen and oxygen atoms in total. The van der Waals surface area contributed by atoms with E-state index in [0.717, 1.165) is 22.6 Å². The molecule has 0 amide bonds. The highest BCUT2D eigenvalue weighted by atomic mass is 32.2. The van der Waals surface area contributed by atoms with E-state index in [1.807, 2.05) is 40.7 Å². The van der Waals surface area contributed by atoms with Gasteiger partial charge in [0.25, 0.3) is 0 Å². The van der Waals surface area contributed by atoms with Crippen LogP contribution in [0, 0.1) is 0 Å². The predicted molar refractivity (Wildman–Crippen MR) is 105 cm³/mol. The lowest BCUT2D eigenvalue weighted by Gasteiger charge is -2.17. The molecule has 0 saturated carbocycles. The number of rotatable bonds is 6. The minimum Gasteiger partial charge on any atom is -0.497 e. The van der Waals surface area contributed by atoms with Crippen LogP contribution in [0.15, 0.2) is 66.1 Å². The SMILES string of the molecule is COc1ccc(S(=O)N2CCC(Oc3nccnc3-c3ccncc3)C2)cc1. The zero-order chi connectivity index (χ0) is 19.3. The van der Waals surface area contributed by atoms with Crippen LogP contribution in [0.25, 0.3) is 11.3 Å². The average molecular weight is 396 g/mol. The topological polar surface area (TPSA) is 77.4 Å². The molecule has 28 heavy (non-hydrogen) atoms. The molecule has 0 aliphatic carbocycles. The van der Waals surface area contributed by atoms with E-state index in [1.54, 1.807) is 31.9 Å². The molecule has 0 bridgehead atoms. The maximum atomic E-state index is 12.8. The molecule has 3 aromatic rings. The minimum absolute atomic E-state index is 0.0977. The predicted octanol–water partition coefficient (Wildman–Crippen LogP) is 2.72. The largest absolute Gasteiger partial charge is 0.497 e. The van der Waals surface area contributed by atoms with Crippen LogP contribution in [0.1, 0.15) is 6.42 Å². The third-order valence-electron chi connectivity index (χ3n) is 4.50. The summed E-state index contributed by atoms with van der Waals surface area (Å²) in [6, 6.07) is 11.0. The number of methoxy groups -OCH3 is 1. The summed E-state index contributed by atoms with van der Waals surface area (Å²) in [5.74, 6) is 1.23. The van der Waals surface area contributed by atoms with E-state index in [2.05, 4.69) is 15.0 Å². The third-order valence-corrected chi connectivity index (χ3v) is 5.98. The number of hydrogen-bond acceptors (Lipinski definition) is 6. The van der Waals surface area contributed by atoms with Crippen LogP contribution in [0.2, 0.25) is 0 Å². The first-order chi connectivity index (χ1) is 13.7. The Morgan fingerprint density at radius 1 is 1.04 bits per heavy atom. The molecule has 4 rings (SSSR count). The molecule has 8 heteroatoms. The number of ether oxygens (including phenoxy) is 2. The fraction of sp³-hybridized carbons (Fsp3) is 0.250. The summed E-state index contributed by atoms with van der Waals surface area (Å²) in [5.41, 5.74) is 1.58. The second-order valence-corrected chi connectivity index (χ2v) is 7.77. The lowest BCUT2D eigenvalue weighted by atomic mass is 10.2. The van der Waals surface area contributed by atoms with E-state index >= 15 is 0 Å². The number of pyridine rings is 1. The molecular weight excluding hydrogens is 376 g/mol. The molecule has 1 aromatic carbocycles. The van der Waals surface area contributed by atoms with Crippen molar-refractivity contribution in [3.8, 4) is 22.9 Å². The summed E-state index contributed by atoms with van der Waals surface area (Å²) in [5, 5.41) is 0. The van der Waals surface area contributed by atoms with E-state index < -0.39 is 11.0 Å². The van der Waals surface area contributed by atoms with Crippen molar-refractivity contribution in [3.05, 3.63) is 61.2 Å². The summed E-state index contributed by atoms with van der Waals surface area (Å²) in [7, 11) is 0.377. The minimum atomic E-state index is -1.24. The van der Waals surface area contributed by atoms with Gasteiger partial charge in [0, 0.05) is 43.4 Å². The van der Waals surface area contributed by atoms with Crippen LogP contribution in [-0.2, 0) is 11.0 Å². The molecule has 2 atom stereocenters. The zero-order valence-corrected chi connectivity index (χ0v) is 16.2. The van der Waals surface area contributed by atoms with Crippen molar-refractivity contribution in [1.29, 1.82) is 0 Å². The second kappa shape index (κ2) is 8.45. The summed E-state index contributed by atoms with van der Waals surface area (Å²) >= 11 is 0. The Morgan fingerprint density at radius 2 is 1.79 bits per heavy atom. The Morgan fingerprint density at radius 3 is 2.54 bits per heavy atom. The van der Waals surface area contributed by atoms with E-state index in [0.29, 0.717) is 24.7 Å². The molecule has 1 fully saturated rings. The fourth-order valence-corrected chi connectivity index (χ4v) is 4.30. The van der Waals surface area contributed by atoms with Gasteiger partial charge in [0.15, 0.2) is 0 Å². The maximum absolute atomic E-state index is 12.8. The molecule has 3 heterocycles. The molecule has 1 saturated heterocycles. The van der Waals surface area contributed by atoms with Gasteiger partial charge in [-0.15, -0.1) is 0 Å². The van der Waals surface area contributed by atoms with Gasteiger partial charge in [-0.05, 0) is 42.8 Å². The Balaban J connectivity index is 1.45. The van der Waals surface area contributed by atoms with E-state index in [4.69, 9.17) is 9.47 Å². The molecule has 1 aliphatic heterocycles. The maximum Gasteiger partial charge on any atom is 0.240 e. The Hall–Kier alpha value is -2.84. The van der Waals surface area contributed by atoms with E-state index in [1.165, 1.54) is 0 Å². The lowest BCUT2D eigenvalue weighted by molar-refractivity contribution is 0.208. The van der Waals surface area contributed by atoms with Crippen molar-refractivity contribution in [1.82, 2.24) is 19.3 Å². The first-order valence-electron chi connectivity index (χ1n) is 8.93. The Kier molecular flexibility index (Phi) is 5.59. The van der Waals surface area contributed by atoms with Crippen LogP contribution in [0.4, 0.5) is 0 Å². The second-order valence-electron chi connectivity index (χ2n) is 6.29. The molecule has 2 unspecified atom stereocenters. The molecule has 0 N–H and O–H groups in total. The van der Waals surface area contributed by atoms with Gasteiger partial charge in [-0.25, -0.2) is 18.5 Å². The van der Waals surface area contributed by atoms with Crippen molar-refractivity contribution >= 4 is 11.0 Å². The van der Waals surface area contributed by atoms with Gasteiger partial charge in [0.05, 0.1) is 12.0 Å². The van der Waals surface area contributed by atoms with Crippen molar-refractivity contribution in [2.75, 3.05) is 20.2 Å². The van der Waals surface area contributed by atoms with Crippen molar-refractivity contribution in [2.45, 2.75) is 17.4 Å². The van der Waals surface area contributed by atoms with Crippen molar-refractivity contribution in [3.63, 3.8) is 0 Å². The highest BCUT2D eigenvalue weighted by molar-refractivity contribution is 7.82. The van der Waals surface area contributed by atoms with Gasteiger partial charge < -0.3 is 9.47 Å². The highest BCUT2D eigenvalue weighted by Gasteiger charge is 2.29. The van der Waals surface area contributed by atoms with Crippen LogP contribution in [-0.4, -0.2) is 49.8 Å². The van der Waals surface area contributed by atoms with Gasteiger partial charge in [0.1, 0.15) is 28.5 Å². The third kappa shape index (κ3) is 4.02. The van der Waals surface area contributed by atoms with Crippen LogP contribution in [0.5, 0.6) is 11.6 Å². The van der Waals surface area contributed by atoms with Gasteiger partial charge in [-0.1, -0.05) is 0 Å². The molecule has 144 valence electrons. The Labute approximate surface area is 166 Å². The smallest absolute Gasteiger partial charge is 0.240 e. The molecular formula is C20H20N4O3S. The first kappa shape index (κ1) is 18.5. The Bertz CT molecular complexity index is 953. The molecule has 1 aliphatic rings. The van der Waals surface area contributed by atoms with Gasteiger partial charge in [-0.3, -0.25) is 4.98 Å². The fourth-order valence-electron chi connectivity index (χ4n) is 3.06. The normalized spacial score (nSPS) is 18.0. The number of hydrogen-bond donors (Lipinski definition) is 0. The van der Waals surface area contributed by atoms with Crippen LogP contribution < -0.4 is 9.47 Å². The highest BCUT2D eigenvalue weighted by Crippen LogP contribution is 2.28. The van der Waals surface area contributed by atoms with Gasteiger partial charge in [-0.2, -0.15) is 0 Å². The quantitative estimate of drug-likeness (QED) is 0.638. The van der Waals surface area contributed by atoms with E-state index in [-0.39, 0.29) is 6.10 Å². The number of benzene rings is 1. The average Bonchev–Trinajstić information content (AvgIpc) is 3.23. The summed E-state index contributed by atoms with van der Waals surface area (Å²) in [4.78, 5) is 13.5. The monoisotopic (exact) mass is 396 g/mol. The zero-order valence-electron chi connectivity index (χ0n) is 15.4. The van der Waals surface area contributed by atoms with E-state index in [9.17, 15) is 4.21 Å². The molecule has 0 spiro atoms. The van der Waals surface area contributed by atoms with Crippen LogP contribution >= 0.6 is 0 Å². The summed E-state index contributed by atoms with van der Waals surface area (Å²) in [6.07, 6.45) is 7.35. The number of aromatic nitrogens is 3. The van der Waals surface area contributed by atoms with Crippen LogP contribution in [0.3, 0.4) is 0 Å². The van der Waals surface area contributed by atoms with Gasteiger partial charge in [0.2, 0.25) is 5.88 Å². The molecule has 0 radical (unpaired) electrons. The molecule has 2 aromatic heterocycles. The summed E-state index contributed by atoms with van der Waals surface area (Å²) < 4.78 is 26.0. The standard InChI is InChI=1S/C20H20N4O3S/c1-26-16-2-4-18(5-3-16)28(25)24-13-8-17(14-24)27-20-19(22-11-12-23-20)15-6-9-21-10-7-15/h2-7,9-12,17H,8,13-14H2,1H3. The first-order valence-corrected chi connectivity index (χ1v) is 10.0. The van der Waals surface area contributed by atoms with Gasteiger partial charge >= 0.3 is 0 Å².